The van der Waals surface area contributed by atoms with Crippen molar-refractivity contribution in [2.45, 2.75) is 5.16 Å². The predicted octanol–water partition coefficient (Wildman–Crippen LogP) is 4.12. The van der Waals surface area contributed by atoms with Crippen molar-refractivity contribution in [2.24, 2.45) is 0 Å². The van der Waals surface area contributed by atoms with Crippen LogP contribution in [0.4, 0.5) is 0 Å². The second kappa shape index (κ2) is 7.24. The molecule has 0 bridgehead atoms. The Morgan fingerprint density at radius 2 is 1.95 bits per heavy atom. The molecule has 0 spiro atoms. The first-order chi connectivity index (χ1) is 10.8. The minimum absolute atomic E-state index is 0.660. The normalized spacial score (nSPS) is 11.1. The van der Waals surface area contributed by atoms with Gasteiger partial charge in [-0.25, -0.2) is 0 Å². The number of benzene rings is 2. The molecule has 3 aromatic rings. The van der Waals surface area contributed by atoms with Crippen LogP contribution < -0.4 is 0 Å². The van der Waals surface area contributed by atoms with Crippen molar-refractivity contribution >= 4 is 29.4 Å². The van der Waals surface area contributed by atoms with Gasteiger partial charge in [-0.3, -0.25) is 0 Å². The quantitative estimate of drug-likeness (QED) is 0.661. The zero-order valence-corrected chi connectivity index (χ0v) is 13.2. The van der Waals surface area contributed by atoms with Gasteiger partial charge in [0.25, 0.3) is 0 Å². The van der Waals surface area contributed by atoms with E-state index in [0.29, 0.717) is 5.02 Å². The fourth-order valence-corrected chi connectivity index (χ4v) is 2.79. The second-order valence-electron chi connectivity index (χ2n) is 4.48. The van der Waals surface area contributed by atoms with E-state index in [0.717, 1.165) is 16.6 Å². The fourth-order valence-electron chi connectivity index (χ4n) is 1.91. The minimum atomic E-state index is 0.660. The van der Waals surface area contributed by atoms with E-state index in [-0.39, 0.29) is 0 Å². The van der Waals surface area contributed by atoms with Gasteiger partial charge in [0.2, 0.25) is 5.16 Å². The average Bonchev–Trinajstić information content (AvgIpc) is 3.01. The van der Waals surface area contributed by atoms with E-state index in [1.54, 1.807) is 16.4 Å². The molecule has 0 amide bonds. The first kappa shape index (κ1) is 14.8. The Hall–Kier alpha value is -2.11. The Kier molecular flexibility index (Phi) is 4.88. The third kappa shape index (κ3) is 3.75. The van der Waals surface area contributed by atoms with Crippen LogP contribution in [0.15, 0.2) is 65.8 Å². The molecule has 0 atom stereocenters. The summed E-state index contributed by atoms with van der Waals surface area (Å²) in [6.45, 7) is 0. The van der Waals surface area contributed by atoms with Crippen molar-refractivity contribution in [2.75, 3.05) is 5.75 Å². The highest BCUT2D eigenvalue weighted by Crippen LogP contribution is 2.20. The van der Waals surface area contributed by atoms with Gasteiger partial charge in [-0.15, -0.1) is 5.10 Å². The summed E-state index contributed by atoms with van der Waals surface area (Å²) in [5.74, 6) is 0.788. The molecule has 0 aliphatic rings. The molecule has 4 nitrogen and oxygen atoms in total. The summed E-state index contributed by atoms with van der Waals surface area (Å²) < 4.78 is 1.69. The predicted molar refractivity (Wildman–Crippen MR) is 90.4 cm³/mol. The van der Waals surface area contributed by atoms with Crippen molar-refractivity contribution in [3.05, 3.63) is 71.3 Å². The molecule has 0 fully saturated rings. The van der Waals surface area contributed by atoms with E-state index in [1.165, 1.54) is 5.56 Å². The van der Waals surface area contributed by atoms with Crippen LogP contribution >= 0.6 is 23.4 Å². The third-order valence-corrected chi connectivity index (χ3v) is 4.02. The van der Waals surface area contributed by atoms with Crippen LogP contribution in [0, 0.1) is 0 Å². The molecule has 0 aliphatic heterocycles. The summed E-state index contributed by atoms with van der Waals surface area (Å²) >= 11 is 7.58. The number of rotatable bonds is 5. The lowest BCUT2D eigenvalue weighted by molar-refractivity contribution is 0.757. The summed E-state index contributed by atoms with van der Waals surface area (Å²) in [6, 6.07) is 17.6. The fraction of sp³-hybridized carbons (Fsp3) is 0.0625. The number of halogens is 1. The van der Waals surface area contributed by atoms with Crippen molar-refractivity contribution in [3.8, 4) is 5.69 Å². The van der Waals surface area contributed by atoms with Gasteiger partial charge in [0.15, 0.2) is 0 Å². The van der Waals surface area contributed by atoms with Crippen LogP contribution in [-0.4, -0.2) is 26.0 Å². The monoisotopic (exact) mass is 328 g/mol. The molecule has 0 saturated carbocycles. The number of nitrogens with zero attached hydrogens (tertiary/aromatic N) is 4. The summed E-state index contributed by atoms with van der Waals surface area (Å²) in [5, 5.41) is 13.2. The standard InChI is InChI=1S/C16H13ClN4S/c17-14-9-4-10-15(12-14)21-16(18-19-20-21)22-11-5-8-13-6-2-1-3-7-13/h1-10,12H,11H2/b8-5+. The van der Waals surface area contributed by atoms with Gasteiger partial charge in [0, 0.05) is 10.8 Å². The molecule has 0 aliphatic carbocycles. The van der Waals surface area contributed by atoms with E-state index < -0.39 is 0 Å². The number of aromatic nitrogens is 4. The van der Waals surface area contributed by atoms with Gasteiger partial charge < -0.3 is 0 Å². The zero-order valence-electron chi connectivity index (χ0n) is 11.6. The Balaban J connectivity index is 1.67. The molecule has 110 valence electrons. The van der Waals surface area contributed by atoms with Gasteiger partial charge in [-0.1, -0.05) is 71.9 Å². The Bertz CT molecular complexity index is 771. The van der Waals surface area contributed by atoms with Crippen molar-refractivity contribution in [3.63, 3.8) is 0 Å². The molecule has 1 aromatic heterocycles. The van der Waals surface area contributed by atoms with Gasteiger partial charge >= 0.3 is 0 Å². The maximum absolute atomic E-state index is 6.01. The molecular weight excluding hydrogens is 316 g/mol. The maximum atomic E-state index is 6.01. The number of hydrogen-bond acceptors (Lipinski definition) is 4. The van der Waals surface area contributed by atoms with E-state index in [1.807, 2.05) is 42.5 Å². The van der Waals surface area contributed by atoms with Crippen LogP contribution in [0.5, 0.6) is 0 Å². The van der Waals surface area contributed by atoms with Crippen LogP contribution in [0.3, 0.4) is 0 Å². The van der Waals surface area contributed by atoms with Crippen molar-refractivity contribution < 1.29 is 0 Å². The summed E-state index contributed by atoms with van der Waals surface area (Å²) in [7, 11) is 0. The van der Waals surface area contributed by atoms with E-state index in [2.05, 4.69) is 39.8 Å². The molecule has 2 aromatic carbocycles. The molecule has 0 radical (unpaired) electrons. The van der Waals surface area contributed by atoms with Crippen molar-refractivity contribution in [1.29, 1.82) is 0 Å². The molecule has 0 unspecified atom stereocenters. The average molecular weight is 329 g/mol. The van der Waals surface area contributed by atoms with Gasteiger partial charge in [0.1, 0.15) is 0 Å². The minimum Gasteiger partial charge on any atom is -0.187 e. The maximum Gasteiger partial charge on any atom is 0.214 e. The third-order valence-electron chi connectivity index (χ3n) is 2.91. The molecule has 0 saturated heterocycles. The van der Waals surface area contributed by atoms with Crippen LogP contribution in [0.25, 0.3) is 11.8 Å². The molecular formula is C16H13ClN4S. The Labute approximate surface area is 137 Å². The summed E-state index contributed by atoms with van der Waals surface area (Å²) in [6.07, 6.45) is 4.18. The highest BCUT2D eigenvalue weighted by Gasteiger charge is 2.08. The van der Waals surface area contributed by atoms with E-state index >= 15 is 0 Å². The summed E-state index contributed by atoms with van der Waals surface area (Å²) in [4.78, 5) is 0. The van der Waals surface area contributed by atoms with Crippen LogP contribution in [0.1, 0.15) is 5.56 Å². The molecule has 3 rings (SSSR count). The molecule has 1 heterocycles. The first-order valence-corrected chi connectivity index (χ1v) is 8.08. The molecule has 6 heteroatoms. The SMILES string of the molecule is Clc1cccc(-n2nnnc2SC/C=C/c2ccccc2)c1. The van der Waals surface area contributed by atoms with Crippen LogP contribution in [0.2, 0.25) is 5.02 Å². The first-order valence-electron chi connectivity index (χ1n) is 6.71. The highest BCUT2D eigenvalue weighted by atomic mass is 35.5. The van der Waals surface area contributed by atoms with E-state index in [4.69, 9.17) is 11.6 Å². The largest absolute Gasteiger partial charge is 0.214 e. The highest BCUT2D eigenvalue weighted by molar-refractivity contribution is 7.99. The van der Waals surface area contributed by atoms with Crippen LogP contribution in [-0.2, 0) is 0 Å². The summed E-state index contributed by atoms with van der Waals surface area (Å²) in [5.41, 5.74) is 2.03. The Morgan fingerprint density at radius 1 is 1.09 bits per heavy atom. The van der Waals surface area contributed by atoms with Gasteiger partial charge in [-0.05, 0) is 34.2 Å². The molecule has 22 heavy (non-hydrogen) atoms. The zero-order chi connectivity index (χ0) is 15.2. The lowest BCUT2D eigenvalue weighted by atomic mass is 10.2. The lowest BCUT2D eigenvalue weighted by Gasteiger charge is -2.03. The smallest absolute Gasteiger partial charge is 0.187 e. The molecule has 0 N–H and O–H groups in total. The van der Waals surface area contributed by atoms with Crippen molar-refractivity contribution in [1.82, 2.24) is 20.2 Å². The number of hydrogen-bond donors (Lipinski definition) is 0. The second-order valence-corrected chi connectivity index (χ2v) is 5.90. The van der Waals surface area contributed by atoms with Gasteiger partial charge in [-0.2, -0.15) is 4.68 Å². The number of thioether (sulfide) groups is 1. The van der Waals surface area contributed by atoms with Gasteiger partial charge in [0.05, 0.1) is 5.69 Å². The Morgan fingerprint density at radius 3 is 2.77 bits per heavy atom. The number of tetrazole rings is 1. The lowest BCUT2D eigenvalue weighted by Crippen LogP contribution is -1.98. The topological polar surface area (TPSA) is 43.6 Å². The van der Waals surface area contributed by atoms with E-state index in [9.17, 15) is 0 Å².